The molecule has 0 radical (unpaired) electrons. The molecular formula is C6H7NO3S2. The zero-order chi connectivity index (χ0) is 9.35. The van der Waals surface area contributed by atoms with E-state index in [0.717, 1.165) is 17.6 Å². The Hall–Kier alpha value is -0.880. The van der Waals surface area contributed by atoms with E-state index in [1.807, 2.05) is 0 Å². The molecule has 0 aliphatic rings. The number of hydrogen-bond donors (Lipinski definition) is 1. The Balaban J connectivity index is 3.17. The van der Waals surface area contributed by atoms with Gasteiger partial charge in [-0.3, -0.25) is 4.79 Å². The standard InChI is InChI=1S/C6H7NO3S2/c1-12(9,10)5-3-2-4(11-5)6(7)8/h2-3H,1H3,(H2,7,8). The maximum Gasteiger partial charge on any atom is 0.258 e. The van der Waals surface area contributed by atoms with Gasteiger partial charge in [0.1, 0.15) is 4.21 Å². The topological polar surface area (TPSA) is 77.2 Å². The highest BCUT2D eigenvalue weighted by Gasteiger charge is 2.12. The lowest BCUT2D eigenvalue weighted by atomic mass is 10.5. The first kappa shape index (κ1) is 9.21. The SMILES string of the molecule is CS(=O)(=O)c1ccc(C(N)=O)s1. The third-order valence-electron chi connectivity index (χ3n) is 1.19. The fourth-order valence-corrected chi connectivity index (χ4v) is 2.43. The van der Waals surface area contributed by atoms with E-state index < -0.39 is 15.7 Å². The van der Waals surface area contributed by atoms with Crippen LogP contribution in [0.15, 0.2) is 16.3 Å². The first-order valence-corrected chi connectivity index (χ1v) is 5.72. The number of nitrogens with two attached hydrogens (primary N) is 1. The summed E-state index contributed by atoms with van der Waals surface area (Å²) < 4.78 is 22.0. The minimum atomic E-state index is -3.20. The van der Waals surface area contributed by atoms with Crippen molar-refractivity contribution in [3.63, 3.8) is 0 Å². The van der Waals surface area contributed by atoms with Gasteiger partial charge in [-0.15, -0.1) is 11.3 Å². The van der Waals surface area contributed by atoms with Crippen molar-refractivity contribution in [1.29, 1.82) is 0 Å². The molecule has 0 fully saturated rings. The maximum atomic E-state index is 10.9. The largest absolute Gasteiger partial charge is 0.365 e. The van der Waals surface area contributed by atoms with E-state index in [1.165, 1.54) is 12.1 Å². The van der Waals surface area contributed by atoms with Crippen molar-refractivity contribution in [3.05, 3.63) is 17.0 Å². The summed E-state index contributed by atoms with van der Waals surface area (Å²) in [5, 5.41) is 0. The number of thiophene rings is 1. The molecule has 66 valence electrons. The minimum absolute atomic E-state index is 0.163. The van der Waals surface area contributed by atoms with Crippen LogP contribution < -0.4 is 5.73 Å². The number of carbonyl (C=O) groups excluding carboxylic acids is 1. The van der Waals surface area contributed by atoms with Crippen LogP contribution in [0.25, 0.3) is 0 Å². The van der Waals surface area contributed by atoms with Crippen molar-refractivity contribution in [1.82, 2.24) is 0 Å². The lowest BCUT2D eigenvalue weighted by molar-refractivity contribution is 0.100. The fraction of sp³-hybridized carbons (Fsp3) is 0.167. The van der Waals surface area contributed by atoms with Crippen LogP contribution in [0.3, 0.4) is 0 Å². The summed E-state index contributed by atoms with van der Waals surface area (Å²) in [4.78, 5) is 10.8. The maximum absolute atomic E-state index is 10.9. The number of hydrogen-bond acceptors (Lipinski definition) is 4. The highest BCUT2D eigenvalue weighted by atomic mass is 32.2. The lowest BCUT2D eigenvalue weighted by Gasteiger charge is -1.88. The number of amides is 1. The number of primary amides is 1. The van der Waals surface area contributed by atoms with Gasteiger partial charge in [0, 0.05) is 6.26 Å². The number of sulfone groups is 1. The summed E-state index contributed by atoms with van der Waals surface area (Å²) in [6, 6.07) is 2.78. The summed E-state index contributed by atoms with van der Waals surface area (Å²) in [6.45, 7) is 0. The van der Waals surface area contributed by atoms with Crippen LogP contribution in [-0.2, 0) is 9.84 Å². The first-order valence-electron chi connectivity index (χ1n) is 3.01. The molecule has 4 nitrogen and oxygen atoms in total. The highest BCUT2D eigenvalue weighted by Crippen LogP contribution is 2.20. The summed E-state index contributed by atoms with van der Waals surface area (Å²) in [5.74, 6) is -0.602. The van der Waals surface area contributed by atoms with Crippen molar-refractivity contribution >= 4 is 27.1 Å². The molecule has 0 aliphatic carbocycles. The molecule has 0 unspecified atom stereocenters. The number of carbonyl (C=O) groups is 1. The normalized spacial score (nSPS) is 11.4. The number of rotatable bonds is 2. The average molecular weight is 205 g/mol. The second kappa shape index (κ2) is 2.87. The molecule has 12 heavy (non-hydrogen) atoms. The van der Waals surface area contributed by atoms with E-state index in [9.17, 15) is 13.2 Å². The summed E-state index contributed by atoms with van der Waals surface area (Å²) in [5.41, 5.74) is 4.95. The third-order valence-corrected chi connectivity index (χ3v) is 4.11. The Kier molecular flexibility index (Phi) is 2.20. The van der Waals surface area contributed by atoms with Gasteiger partial charge in [0.25, 0.3) is 5.91 Å². The Morgan fingerprint density at radius 1 is 1.50 bits per heavy atom. The van der Waals surface area contributed by atoms with Crippen LogP contribution in [0.4, 0.5) is 0 Å². The van der Waals surface area contributed by atoms with Gasteiger partial charge in [-0.05, 0) is 12.1 Å². The smallest absolute Gasteiger partial charge is 0.258 e. The molecule has 0 aromatic carbocycles. The van der Waals surface area contributed by atoms with Crippen molar-refractivity contribution in [2.24, 2.45) is 5.73 Å². The van der Waals surface area contributed by atoms with Gasteiger partial charge in [-0.25, -0.2) is 8.42 Å². The Labute approximate surface area is 73.9 Å². The van der Waals surface area contributed by atoms with Gasteiger partial charge in [0.05, 0.1) is 4.88 Å². The molecule has 1 aromatic rings. The van der Waals surface area contributed by atoms with Crippen molar-refractivity contribution < 1.29 is 13.2 Å². The van der Waals surface area contributed by atoms with Crippen molar-refractivity contribution in [3.8, 4) is 0 Å². The van der Waals surface area contributed by atoms with Crippen LogP contribution in [0.2, 0.25) is 0 Å². The molecule has 0 bridgehead atoms. The van der Waals surface area contributed by atoms with Crippen LogP contribution in [0.1, 0.15) is 9.67 Å². The van der Waals surface area contributed by atoms with Crippen LogP contribution in [0.5, 0.6) is 0 Å². The Bertz CT molecular complexity index is 404. The van der Waals surface area contributed by atoms with E-state index in [-0.39, 0.29) is 9.09 Å². The molecule has 0 saturated carbocycles. The highest BCUT2D eigenvalue weighted by molar-refractivity contribution is 7.92. The van der Waals surface area contributed by atoms with Gasteiger partial charge in [0.2, 0.25) is 0 Å². The second-order valence-electron chi connectivity index (χ2n) is 2.26. The molecule has 0 saturated heterocycles. The van der Waals surface area contributed by atoms with E-state index in [2.05, 4.69) is 0 Å². The zero-order valence-electron chi connectivity index (χ0n) is 6.27. The average Bonchev–Trinajstić information content (AvgIpc) is 2.30. The minimum Gasteiger partial charge on any atom is -0.365 e. The van der Waals surface area contributed by atoms with E-state index >= 15 is 0 Å². The van der Waals surface area contributed by atoms with Gasteiger partial charge < -0.3 is 5.73 Å². The third kappa shape index (κ3) is 1.83. The lowest BCUT2D eigenvalue weighted by Crippen LogP contribution is -2.08. The molecule has 1 heterocycles. The predicted molar refractivity (Wildman–Crippen MR) is 45.9 cm³/mol. The van der Waals surface area contributed by atoms with Crippen molar-refractivity contribution in [2.75, 3.05) is 6.26 Å². The van der Waals surface area contributed by atoms with Gasteiger partial charge in [0.15, 0.2) is 9.84 Å². The van der Waals surface area contributed by atoms with Crippen LogP contribution in [-0.4, -0.2) is 20.6 Å². The summed E-state index contributed by atoms with van der Waals surface area (Å²) in [6.07, 6.45) is 1.09. The van der Waals surface area contributed by atoms with E-state index in [4.69, 9.17) is 5.73 Å². The summed E-state index contributed by atoms with van der Waals surface area (Å²) >= 11 is 0.885. The molecule has 0 aliphatic heterocycles. The molecule has 1 rings (SSSR count). The quantitative estimate of drug-likeness (QED) is 0.751. The molecule has 0 atom stereocenters. The molecule has 0 spiro atoms. The molecular weight excluding hydrogens is 198 g/mol. The molecule has 2 N–H and O–H groups in total. The molecule has 1 amide bonds. The Morgan fingerprint density at radius 3 is 2.33 bits per heavy atom. The van der Waals surface area contributed by atoms with Crippen molar-refractivity contribution in [2.45, 2.75) is 4.21 Å². The van der Waals surface area contributed by atoms with Crippen LogP contribution in [0, 0.1) is 0 Å². The monoisotopic (exact) mass is 205 g/mol. The van der Waals surface area contributed by atoms with Crippen LogP contribution >= 0.6 is 11.3 Å². The zero-order valence-corrected chi connectivity index (χ0v) is 7.91. The van der Waals surface area contributed by atoms with Gasteiger partial charge in [-0.1, -0.05) is 0 Å². The fourth-order valence-electron chi connectivity index (χ4n) is 0.652. The Morgan fingerprint density at radius 2 is 2.08 bits per heavy atom. The van der Waals surface area contributed by atoms with Gasteiger partial charge >= 0.3 is 0 Å². The van der Waals surface area contributed by atoms with E-state index in [0.29, 0.717) is 0 Å². The van der Waals surface area contributed by atoms with E-state index in [1.54, 1.807) is 0 Å². The first-order chi connectivity index (χ1) is 5.41. The predicted octanol–water partition coefficient (Wildman–Crippen LogP) is 0.251. The summed E-state index contributed by atoms with van der Waals surface area (Å²) in [7, 11) is -3.20. The molecule has 1 aromatic heterocycles. The van der Waals surface area contributed by atoms with Gasteiger partial charge in [-0.2, -0.15) is 0 Å². The molecule has 6 heteroatoms. The second-order valence-corrected chi connectivity index (χ2v) is 5.58.